The highest BCUT2D eigenvalue weighted by molar-refractivity contribution is 7.22. The van der Waals surface area contributed by atoms with Crippen molar-refractivity contribution >= 4 is 93.1 Å². The van der Waals surface area contributed by atoms with Crippen molar-refractivity contribution in [2.24, 2.45) is 0 Å². The summed E-state index contributed by atoms with van der Waals surface area (Å²) >= 11 is 3.42. The summed E-state index contributed by atoms with van der Waals surface area (Å²) in [6, 6.07) is 56.7. The molecule has 0 fully saturated rings. The zero-order valence-corrected chi connectivity index (χ0v) is 29.7. The minimum atomic E-state index is 0.613. The third-order valence-electron chi connectivity index (χ3n) is 9.69. The molecule has 0 bridgehead atoms. The van der Waals surface area contributed by atoms with Crippen LogP contribution in [0.4, 0.5) is 17.1 Å². The number of oxazole rings is 1. The molecule has 0 amide bonds. The zero-order valence-electron chi connectivity index (χ0n) is 28.0. The number of anilines is 3. The van der Waals surface area contributed by atoms with Crippen molar-refractivity contribution in [3.63, 3.8) is 0 Å². The first-order valence-corrected chi connectivity index (χ1v) is 19.0. The summed E-state index contributed by atoms with van der Waals surface area (Å²) in [4.78, 5) is 17.2. The number of para-hydroxylation sites is 3. The van der Waals surface area contributed by atoms with Gasteiger partial charge >= 0.3 is 0 Å². The maximum absolute atomic E-state index is 6.28. The third kappa shape index (κ3) is 5.03. The summed E-state index contributed by atoms with van der Waals surface area (Å²) in [7, 11) is 0. The Kier molecular flexibility index (Phi) is 6.80. The summed E-state index contributed by atoms with van der Waals surface area (Å²) in [6.45, 7) is 0. The summed E-state index contributed by atoms with van der Waals surface area (Å²) in [5, 5.41) is 4.41. The molecule has 11 rings (SSSR count). The van der Waals surface area contributed by atoms with E-state index in [0.29, 0.717) is 5.89 Å². The monoisotopic (exact) mass is 717 g/mol. The molecule has 0 radical (unpaired) electrons. The lowest BCUT2D eigenvalue weighted by atomic mass is 10.2. The summed E-state index contributed by atoms with van der Waals surface area (Å²) in [6.07, 6.45) is 0. The molecule has 0 aliphatic heterocycles. The summed E-state index contributed by atoms with van der Waals surface area (Å²) in [5.41, 5.74) is 11.0. The Morgan fingerprint density at radius 1 is 0.472 bits per heavy atom. The molecule has 53 heavy (non-hydrogen) atoms. The van der Waals surface area contributed by atoms with E-state index in [-0.39, 0.29) is 0 Å². The van der Waals surface area contributed by atoms with Crippen LogP contribution in [-0.2, 0) is 0 Å². The quantitative estimate of drug-likeness (QED) is 0.171. The number of thiazole rings is 2. The number of hydrogen-bond donors (Lipinski definition) is 0. The molecule has 7 aromatic carbocycles. The Hall–Kier alpha value is -6.61. The molecular weight excluding hydrogens is 691 g/mol. The van der Waals surface area contributed by atoms with Gasteiger partial charge in [0.15, 0.2) is 10.7 Å². The minimum Gasteiger partial charge on any atom is -0.436 e. The van der Waals surface area contributed by atoms with Crippen LogP contribution in [0.5, 0.6) is 0 Å². The van der Waals surface area contributed by atoms with Crippen LogP contribution in [0.15, 0.2) is 168 Å². The predicted octanol–water partition coefficient (Wildman–Crippen LogP) is 12.9. The van der Waals surface area contributed by atoms with Crippen molar-refractivity contribution in [2.45, 2.75) is 0 Å². The Labute approximate surface area is 311 Å². The van der Waals surface area contributed by atoms with Gasteiger partial charge in [0.25, 0.3) is 0 Å². The van der Waals surface area contributed by atoms with Crippen molar-refractivity contribution in [3.8, 4) is 27.2 Å². The highest BCUT2D eigenvalue weighted by Gasteiger charge is 2.19. The third-order valence-corrected chi connectivity index (χ3v) is 11.8. The fraction of sp³-hybridized carbons (Fsp3) is 0. The summed E-state index contributed by atoms with van der Waals surface area (Å²) < 4.78 is 10.8. The molecule has 4 heterocycles. The zero-order chi connectivity index (χ0) is 34.9. The first-order chi connectivity index (χ1) is 26.2. The van der Waals surface area contributed by atoms with Crippen LogP contribution in [0, 0.1) is 0 Å². The van der Waals surface area contributed by atoms with Crippen LogP contribution in [0.3, 0.4) is 0 Å². The fourth-order valence-electron chi connectivity index (χ4n) is 7.23. The number of benzene rings is 7. The molecule has 0 saturated carbocycles. The highest BCUT2D eigenvalue weighted by Crippen LogP contribution is 2.41. The lowest BCUT2D eigenvalue weighted by molar-refractivity contribution is 0.620. The number of hydrogen-bond acceptors (Lipinski definition) is 7. The Morgan fingerprint density at radius 2 is 1.09 bits per heavy atom. The number of fused-ring (bicyclic) bond motifs is 6. The van der Waals surface area contributed by atoms with Crippen molar-refractivity contribution in [2.75, 3.05) is 4.90 Å². The van der Waals surface area contributed by atoms with E-state index in [9.17, 15) is 0 Å². The molecule has 0 saturated heterocycles. The van der Waals surface area contributed by atoms with Crippen molar-refractivity contribution in [3.05, 3.63) is 164 Å². The standard InChI is InChI=1S/C45H27N5OS2/c1-3-11-28(12-4-1)43-46-35-23-20-31(26-40(35)51-43)49(30-13-5-2-6-14-30)32-21-24-36-42(27-32)52-44(47-36)29-19-22-37-41(25-29)53-45(48-37)50-38-17-9-7-15-33(38)34-16-8-10-18-39(34)50/h1-27H. The molecule has 0 aliphatic rings. The molecular formula is C45H27N5OS2. The normalized spacial score (nSPS) is 11.8. The molecule has 250 valence electrons. The molecule has 8 heteroatoms. The van der Waals surface area contributed by atoms with Crippen LogP contribution in [-0.4, -0.2) is 19.5 Å². The van der Waals surface area contributed by atoms with E-state index in [4.69, 9.17) is 19.4 Å². The SMILES string of the molecule is c1ccc(-c2nc3ccc(N(c4ccccc4)c4ccc5nc(-c6ccc7nc(-n8c9ccccc9c9ccccc98)sc7c6)sc5c4)cc3o2)cc1. The topological polar surface area (TPSA) is 60.0 Å². The largest absolute Gasteiger partial charge is 0.436 e. The molecule has 11 aromatic rings. The maximum atomic E-state index is 6.28. The van der Waals surface area contributed by atoms with Gasteiger partial charge in [-0.1, -0.05) is 84.1 Å². The predicted molar refractivity (Wildman–Crippen MR) is 220 cm³/mol. The van der Waals surface area contributed by atoms with Crippen LogP contribution >= 0.6 is 22.7 Å². The van der Waals surface area contributed by atoms with Gasteiger partial charge in [-0.05, 0) is 84.9 Å². The molecule has 0 spiro atoms. The minimum absolute atomic E-state index is 0.613. The Morgan fingerprint density at radius 3 is 1.87 bits per heavy atom. The molecule has 0 aliphatic carbocycles. The van der Waals surface area contributed by atoms with Gasteiger partial charge in [0, 0.05) is 45.0 Å². The van der Waals surface area contributed by atoms with Gasteiger partial charge in [-0.3, -0.25) is 4.57 Å². The lowest BCUT2D eigenvalue weighted by Gasteiger charge is -2.25. The smallest absolute Gasteiger partial charge is 0.227 e. The van der Waals surface area contributed by atoms with E-state index in [1.54, 1.807) is 22.7 Å². The number of nitrogens with zero attached hydrogens (tertiary/aromatic N) is 5. The Bertz CT molecular complexity index is 3090. The average Bonchev–Trinajstić information content (AvgIpc) is 4.01. The fourth-order valence-corrected chi connectivity index (χ4v) is 9.25. The second-order valence-electron chi connectivity index (χ2n) is 12.9. The van der Waals surface area contributed by atoms with E-state index in [1.165, 1.54) is 10.8 Å². The maximum Gasteiger partial charge on any atom is 0.227 e. The van der Waals surface area contributed by atoms with Gasteiger partial charge in [-0.25, -0.2) is 15.0 Å². The Balaban J connectivity index is 0.973. The van der Waals surface area contributed by atoms with Gasteiger partial charge in [0.2, 0.25) is 5.89 Å². The van der Waals surface area contributed by atoms with Gasteiger partial charge in [0.1, 0.15) is 10.5 Å². The first-order valence-electron chi connectivity index (χ1n) is 17.3. The summed E-state index contributed by atoms with van der Waals surface area (Å²) in [5.74, 6) is 0.613. The molecule has 4 aromatic heterocycles. The van der Waals surface area contributed by atoms with E-state index in [1.807, 2.05) is 42.5 Å². The van der Waals surface area contributed by atoms with Gasteiger partial charge in [0.05, 0.1) is 31.5 Å². The van der Waals surface area contributed by atoms with Crippen molar-refractivity contribution in [1.82, 2.24) is 19.5 Å². The molecule has 0 N–H and O–H groups in total. The van der Waals surface area contributed by atoms with Gasteiger partial charge in [-0.2, -0.15) is 0 Å². The second kappa shape index (κ2) is 12.0. The molecule has 0 atom stereocenters. The van der Waals surface area contributed by atoms with Gasteiger partial charge < -0.3 is 9.32 Å². The molecule has 0 unspecified atom stereocenters. The van der Waals surface area contributed by atoms with E-state index in [2.05, 4.69) is 131 Å². The average molecular weight is 718 g/mol. The van der Waals surface area contributed by atoms with Crippen molar-refractivity contribution < 1.29 is 4.42 Å². The van der Waals surface area contributed by atoms with Crippen LogP contribution in [0.2, 0.25) is 0 Å². The van der Waals surface area contributed by atoms with Crippen LogP contribution < -0.4 is 4.90 Å². The van der Waals surface area contributed by atoms with E-state index in [0.717, 1.165) is 80.9 Å². The van der Waals surface area contributed by atoms with Crippen LogP contribution in [0.25, 0.3) is 80.5 Å². The van der Waals surface area contributed by atoms with E-state index >= 15 is 0 Å². The molecule has 6 nitrogen and oxygen atoms in total. The van der Waals surface area contributed by atoms with Crippen molar-refractivity contribution in [1.29, 1.82) is 0 Å². The van der Waals surface area contributed by atoms with Gasteiger partial charge in [-0.15, -0.1) is 11.3 Å². The highest BCUT2D eigenvalue weighted by atomic mass is 32.1. The second-order valence-corrected chi connectivity index (χ2v) is 15.0. The van der Waals surface area contributed by atoms with E-state index < -0.39 is 0 Å². The lowest BCUT2D eigenvalue weighted by Crippen LogP contribution is -2.09. The number of aromatic nitrogens is 4. The number of rotatable bonds is 6. The van der Waals surface area contributed by atoms with Crippen LogP contribution in [0.1, 0.15) is 0 Å². The first kappa shape index (κ1) is 30.1.